The highest BCUT2D eigenvalue weighted by Gasteiger charge is 2.53. The molecular weight excluding hydrogens is 359 g/mol. The van der Waals surface area contributed by atoms with Gasteiger partial charge in [-0.25, -0.2) is 0 Å². The molecule has 2 aromatic rings. The van der Waals surface area contributed by atoms with Crippen molar-refractivity contribution in [2.24, 2.45) is 10.8 Å². The maximum atomic E-state index is 6.11. The third-order valence-corrected chi connectivity index (χ3v) is 6.19. The molecule has 0 nitrogen and oxygen atoms in total. The van der Waals surface area contributed by atoms with E-state index >= 15 is 0 Å². The molecule has 2 unspecified atom stereocenters. The van der Waals surface area contributed by atoms with Crippen molar-refractivity contribution in [1.29, 1.82) is 0 Å². The van der Waals surface area contributed by atoms with Gasteiger partial charge in [-0.15, -0.1) is 0 Å². The van der Waals surface area contributed by atoms with Crippen LogP contribution in [0.3, 0.4) is 0 Å². The molecule has 0 spiro atoms. The molecule has 134 valence electrons. The number of allylic oxidation sites excluding steroid dienone is 4. The van der Waals surface area contributed by atoms with E-state index in [2.05, 4.69) is 58.0 Å². The largest absolute Gasteiger partial charge is 0.0843 e. The molecule has 0 saturated carbocycles. The number of benzene rings is 2. The Hall–Kier alpha value is -1.50. The van der Waals surface area contributed by atoms with Crippen LogP contribution >= 0.6 is 23.2 Å². The molecule has 0 radical (unpaired) electrons. The minimum Gasteiger partial charge on any atom is -0.0843 e. The summed E-state index contributed by atoms with van der Waals surface area (Å²) in [6, 6.07) is 16.6. The summed E-state index contributed by atoms with van der Waals surface area (Å²) in [5.74, 6) is 0.416. The topological polar surface area (TPSA) is 0 Å². The van der Waals surface area contributed by atoms with Crippen LogP contribution in [0, 0.1) is 10.8 Å². The summed E-state index contributed by atoms with van der Waals surface area (Å²) in [6.45, 7) is 9.35. The van der Waals surface area contributed by atoms with Gasteiger partial charge in [-0.2, -0.15) is 0 Å². The van der Waals surface area contributed by atoms with Gasteiger partial charge in [0.05, 0.1) is 0 Å². The van der Waals surface area contributed by atoms with Gasteiger partial charge in [0.2, 0.25) is 0 Å². The maximum Gasteiger partial charge on any atom is 0.0406 e. The van der Waals surface area contributed by atoms with Crippen LogP contribution < -0.4 is 0 Å². The average Bonchev–Trinajstić information content (AvgIpc) is 3.00. The van der Waals surface area contributed by atoms with Crippen molar-refractivity contribution in [3.05, 3.63) is 92.5 Å². The van der Waals surface area contributed by atoms with Crippen molar-refractivity contribution < 1.29 is 0 Å². The van der Waals surface area contributed by atoms with Crippen LogP contribution in [0.25, 0.3) is 0 Å². The van der Waals surface area contributed by atoms with E-state index in [4.69, 9.17) is 23.2 Å². The van der Waals surface area contributed by atoms with E-state index in [0.29, 0.717) is 5.92 Å². The van der Waals surface area contributed by atoms with Crippen molar-refractivity contribution in [2.45, 2.75) is 40.0 Å². The lowest BCUT2D eigenvalue weighted by Gasteiger charge is -2.42. The van der Waals surface area contributed by atoms with Gasteiger partial charge in [-0.1, -0.05) is 81.2 Å². The molecule has 3 aliphatic carbocycles. The van der Waals surface area contributed by atoms with E-state index in [1.807, 2.05) is 24.3 Å². The molecule has 0 amide bonds. The molecule has 3 aliphatic rings. The first kappa shape index (κ1) is 17.9. The molecular formula is C24H24Cl2. The Labute approximate surface area is 166 Å². The Morgan fingerprint density at radius 1 is 0.885 bits per heavy atom. The number of rotatable bonds is 3. The maximum absolute atomic E-state index is 6.11. The summed E-state index contributed by atoms with van der Waals surface area (Å²) in [7, 11) is 0. The first-order valence-electron chi connectivity index (χ1n) is 9.17. The lowest BCUT2D eigenvalue weighted by Crippen LogP contribution is -2.30. The summed E-state index contributed by atoms with van der Waals surface area (Å²) in [4.78, 5) is 0. The molecule has 5 rings (SSSR count). The predicted octanol–water partition coefficient (Wildman–Crippen LogP) is 7.62. The number of fused-ring (bicyclic) bond motifs is 1. The van der Waals surface area contributed by atoms with Gasteiger partial charge in [0.1, 0.15) is 0 Å². The SMILES string of the molecule is CC(C)(C)C1=C2C(c3ccc(Cl)cc3)C1=CC2(C)Cc1ccc(Cl)cc1. The Morgan fingerprint density at radius 3 is 1.96 bits per heavy atom. The average molecular weight is 383 g/mol. The van der Waals surface area contributed by atoms with E-state index in [1.165, 1.54) is 16.7 Å². The molecule has 0 saturated heterocycles. The van der Waals surface area contributed by atoms with Crippen molar-refractivity contribution in [2.75, 3.05) is 0 Å². The Morgan fingerprint density at radius 2 is 1.42 bits per heavy atom. The molecule has 2 aromatic carbocycles. The van der Waals surface area contributed by atoms with Gasteiger partial charge in [-0.3, -0.25) is 0 Å². The van der Waals surface area contributed by atoms with E-state index in [1.54, 1.807) is 11.1 Å². The summed E-state index contributed by atoms with van der Waals surface area (Å²) < 4.78 is 0. The zero-order valence-corrected chi connectivity index (χ0v) is 17.2. The van der Waals surface area contributed by atoms with Crippen LogP contribution in [0.4, 0.5) is 0 Å². The van der Waals surface area contributed by atoms with E-state index in [9.17, 15) is 0 Å². The van der Waals surface area contributed by atoms with Gasteiger partial charge in [0.15, 0.2) is 0 Å². The Kier molecular flexibility index (Phi) is 4.13. The van der Waals surface area contributed by atoms with Gasteiger partial charge in [-0.05, 0) is 63.9 Å². The second-order valence-corrected chi connectivity index (χ2v) is 9.72. The third kappa shape index (κ3) is 2.84. The van der Waals surface area contributed by atoms with Crippen LogP contribution in [-0.2, 0) is 6.42 Å². The smallest absolute Gasteiger partial charge is 0.0406 e. The van der Waals surface area contributed by atoms with Gasteiger partial charge in [0, 0.05) is 21.4 Å². The first-order valence-corrected chi connectivity index (χ1v) is 9.93. The van der Waals surface area contributed by atoms with Crippen molar-refractivity contribution in [3.63, 3.8) is 0 Å². The van der Waals surface area contributed by atoms with Crippen LogP contribution in [0.15, 0.2) is 71.3 Å². The Bertz CT molecular complexity index is 908. The first-order chi connectivity index (χ1) is 12.2. The van der Waals surface area contributed by atoms with Crippen LogP contribution in [0.2, 0.25) is 10.0 Å². The van der Waals surface area contributed by atoms with E-state index in [0.717, 1.165) is 16.5 Å². The second-order valence-electron chi connectivity index (χ2n) is 8.84. The molecule has 26 heavy (non-hydrogen) atoms. The third-order valence-electron chi connectivity index (χ3n) is 5.68. The fourth-order valence-corrected chi connectivity index (χ4v) is 4.98. The predicted molar refractivity (Wildman–Crippen MR) is 112 cm³/mol. The highest BCUT2D eigenvalue weighted by Crippen LogP contribution is 2.66. The molecule has 2 bridgehead atoms. The highest BCUT2D eigenvalue weighted by molar-refractivity contribution is 6.30. The van der Waals surface area contributed by atoms with E-state index < -0.39 is 0 Å². The second kappa shape index (κ2) is 6.01. The number of halogens is 2. The lowest BCUT2D eigenvalue weighted by molar-refractivity contribution is 0.439. The Balaban J connectivity index is 1.74. The zero-order chi connectivity index (χ0) is 18.7. The molecule has 0 aromatic heterocycles. The van der Waals surface area contributed by atoms with Crippen molar-refractivity contribution in [1.82, 2.24) is 0 Å². The number of hydrogen-bond donors (Lipinski definition) is 0. The molecule has 2 atom stereocenters. The highest BCUT2D eigenvalue weighted by atomic mass is 35.5. The molecule has 2 heteroatoms. The lowest BCUT2D eigenvalue weighted by atomic mass is 9.61. The van der Waals surface area contributed by atoms with Crippen LogP contribution in [0.5, 0.6) is 0 Å². The molecule has 0 N–H and O–H groups in total. The van der Waals surface area contributed by atoms with Crippen molar-refractivity contribution in [3.8, 4) is 0 Å². The van der Waals surface area contributed by atoms with Gasteiger partial charge in [0.25, 0.3) is 0 Å². The normalized spacial score (nSPS) is 24.5. The van der Waals surface area contributed by atoms with Crippen molar-refractivity contribution >= 4 is 23.2 Å². The fourth-order valence-electron chi connectivity index (χ4n) is 4.72. The van der Waals surface area contributed by atoms with Gasteiger partial charge >= 0.3 is 0 Å². The minimum absolute atomic E-state index is 0.0656. The monoisotopic (exact) mass is 382 g/mol. The minimum atomic E-state index is 0.0656. The molecule has 0 aliphatic heterocycles. The molecule has 0 heterocycles. The van der Waals surface area contributed by atoms with Crippen LogP contribution in [-0.4, -0.2) is 0 Å². The van der Waals surface area contributed by atoms with Gasteiger partial charge < -0.3 is 0 Å². The quantitative estimate of drug-likeness (QED) is 0.511. The summed E-state index contributed by atoms with van der Waals surface area (Å²) in [6.07, 6.45) is 3.52. The van der Waals surface area contributed by atoms with Crippen LogP contribution in [0.1, 0.15) is 44.7 Å². The number of hydrogen-bond acceptors (Lipinski definition) is 0. The summed E-state index contributed by atoms with van der Waals surface area (Å²) >= 11 is 12.2. The van der Waals surface area contributed by atoms with E-state index in [-0.39, 0.29) is 10.8 Å². The summed E-state index contributed by atoms with van der Waals surface area (Å²) in [5, 5.41) is 1.59. The fraction of sp³-hybridized carbons (Fsp3) is 0.333. The zero-order valence-electron chi connectivity index (χ0n) is 15.7. The summed E-state index contributed by atoms with van der Waals surface area (Å²) in [5.41, 5.74) is 7.55. The molecule has 0 fully saturated rings. The standard InChI is InChI=1S/C24H24Cl2/c1-23(2,3)21-19-14-24(4,13-15-5-9-17(25)10-6-15)22(21)20(19)16-7-11-18(26)12-8-16/h5-12,14,20H,13H2,1-4H3.